The maximum atomic E-state index is 11.4. The second-order valence-corrected chi connectivity index (χ2v) is 3.35. The second kappa shape index (κ2) is 4.90. The van der Waals surface area contributed by atoms with Crippen molar-refractivity contribution in [1.29, 1.82) is 0 Å². The van der Waals surface area contributed by atoms with E-state index in [4.69, 9.17) is 29.6 Å². The number of benzene rings is 1. The molecule has 0 aliphatic carbocycles. The molecule has 1 amide bonds. The lowest BCUT2D eigenvalue weighted by molar-refractivity contribution is 0.0959. The fourth-order valence-electron chi connectivity index (χ4n) is 0.898. The quantitative estimate of drug-likeness (QED) is 0.773. The number of hydrogen-bond acceptors (Lipinski definition) is 1. The van der Waals surface area contributed by atoms with Crippen LogP contribution in [-0.2, 0) is 0 Å². The Morgan fingerprint density at radius 2 is 2.21 bits per heavy atom. The van der Waals surface area contributed by atoms with Gasteiger partial charge in [-0.2, -0.15) is 0 Å². The molecule has 4 heteroatoms. The lowest BCUT2D eigenvalue weighted by Crippen LogP contribution is -2.23. The number of nitrogens with one attached hydrogen (secondary N) is 1. The monoisotopic (exact) mass is 227 g/mol. The van der Waals surface area contributed by atoms with Gasteiger partial charge in [0.25, 0.3) is 5.91 Å². The van der Waals surface area contributed by atoms with Crippen LogP contribution in [-0.4, -0.2) is 12.5 Å². The van der Waals surface area contributed by atoms with Gasteiger partial charge in [0.1, 0.15) is 0 Å². The summed E-state index contributed by atoms with van der Waals surface area (Å²) in [6, 6.07) is 4.67. The third kappa shape index (κ3) is 2.66. The molecule has 0 atom stereocenters. The van der Waals surface area contributed by atoms with Crippen molar-refractivity contribution in [1.82, 2.24) is 5.32 Å². The minimum atomic E-state index is -0.324. The number of terminal acetylenes is 1. The Morgan fingerprint density at radius 1 is 1.50 bits per heavy atom. The van der Waals surface area contributed by atoms with Gasteiger partial charge in [0, 0.05) is 5.02 Å². The van der Waals surface area contributed by atoms with Gasteiger partial charge in [-0.25, -0.2) is 0 Å². The highest BCUT2D eigenvalue weighted by molar-refractivity contribution is 6.35. The van der Waals surface area contributed by atoms with E-state index in [1.165, 1.54) is 6.07 Å². The van der Waals surface area contributed by atoms with Gasteiger partial charge in [-0.3, -0.25) is 4.79 Å². The van der Waals surface area contributed by atoms with E-state index < -0.39 is 0 Å². The Bertz CT molecular complexity index is 396. The normalized spacial score (nSPS) is 9.21. The van der Waals surface area contributed by atoms with Gasteiger partial charge in [-0.05, 0) is 18.2 Å². The summed E-state index contributed by atoms with van der Waals surface area (Å²) in [4.78, 5) is 11.4. The van der Waals surface area contributed by atoms with Crippen molar-refractivity contribution in [2.75, 3.05) is 6.54 Å². The highest BCUT2D eigenvalue weighted by Crippen LogP contribution is 2.20. The first-order chi connectivity index (χ1) is 6.65. The first kappa shape index (κ1) is 10.9. The van der Waals surface area contributed by atoms with E-state index in [0.29, 0.717) is 15.6 Å². The number of amides is 1. The van der Waals surface area contributed by atoms with Crippen LogP contribution in [0.25, 0.3) is 0 Å². The molecule has 1 aromatic rings. The molecular weight excluding hydrogens is 221 g/mol. The molecule has 0 aliphatic heterocycles. The second-order valence-electron chi connectivity index (χ2n) is 2.51. The van der Waals surface area contributed by atoms with Crippen LogP contribution in [0, 0.1) is 12.3 Å². The van der Waals surface area contributed by atoms with Crippen LogP contribution in [0.1, 0.15) is 10.4 Å². The summed E-state index contributed by atoms with van der Waals surface area (Å²) in [7, 11) is 0. The van der Waals surface area contributed by atoms with Crippen molar-refractivity contribution in [3.8, 4) is 12.3 Å². The van der Waals surface area contributed by atoms with Crippen LogP contribution in [0.15, 0.2) is 18.2 Å². The van der Waals surface area contributed by atoms with Crippen LogP contribution < -0.4 is 5.32 Å². The lowest BCUT2D eigenvalue weighted by Gasteiger charge is -2.03. The third-order valence-electron chi connectivity index (χ3n) is 1.52. The van der Waals surface area contributed by atoms with Gasteiger partial charge in [-0.15, -0.1) is 6.42 Å². The minimum Gasteiger partial charge on any atom is -0.341 e. The van der Waals surface area contributed by atoms with E-state index in [0.717, 1.165) is 0 Å². The number of hydrogen-bond donors (Lipinski definition) is 1. The molecule has 0 saturated carbocycles. The molecule has 0 spiro atoms. The predicted molar refractivity (Wildman–Crippen MR) is 57.6 cm³/mol. The van der Waals surface area contributed by atoms with Crippen LogP contribution in [0.2, 0.25) is 10.0 Å². The lowest BCUT2D eigenvalue weighted by atomic mass is 10.2. The smallest absolute Gasteiger partial charge is 0.253 e. The van der Waals surface area contributed by atoms with Gasteiger partial charge in [0.15, 0.2) is 0 Å². The van der Waals surface area contributed by atoms with E-state index in [-0.39, 0.29) is 12.5 Å². The van der Waals surface area contributed by atoms with E-state index in [2.05, 4.69) is 11.2 Å². The minimum absolute atomic E-state index is 0.168. The molecule has 72 valence electrons. The van der Waals surface area contributed by atoms with E-state index >= 15 is 0 Å². The van der Waals surface area contributed by atoms with Crippen LogP contribution >= 0.6 is 23.2 Å². The number of rotatable bonds is 2. The summed E-state index contributed by atoms with van der Waals surface area (Å²) in [5.74, 6) is 1.97. The first-order valence-corrected chi connectivity index (χ1v) is 4.57. The maximum absolute atomic E-state index is 11.4. The predicted octanol–water partition coefficient (Wildman–Crippen LogP) is 2.36. The highest BCUT2D eigenvalue weighted by Gasteiger charge is 2.09. The van der Waals surface area contributed by atoms with Gasteiger partial charge >= 0.3 is 0 Å². The summed E-state index contributed by atoms with van der Waals surface area (Å²) in [6.45, 7) is 0.168. The van der Waals surface area contributed by atoms with E-state index in [1.807, 2.05) is 0 Å². The maximum Gasteiger partial charge on any atom is 0.253 e. The zero-order chi connectivity index (χ0) is 10.6. The van der Waals surface area contributed by atoms with Crippen molar-refractivity contribution in [2.45, 2.75) is 0 Å². The van der Waals surface area contributed by atoms with Crippen LogP contribution in [0.3, 0.4) is 0 Å². The molecule has 1 N–H and O–H groups in total. The molecule has 14 heavy (non-hydrogen) atoms. The third-order valence-corrected chi connectivity index (χ3v) is 2.09. The highest BCUT2D eigenvalue weighted by atomic mass is 35.5. The average Bonchev–Trinajstić information content (AvgIpc) is 2.18. The molecule has 0 fully saturated rings. The number of carbonyl (C=O) groups excluding carboxylic acids is 1. The summed E-state index contributed by atoms with van der Waals surface area (Å²) < 4.78 is 0. The summed E-state index contributed by atoms with van der Waals surface area (Å²) in [5.41, 5.74) is 0.328. The summed E-state index contributed by atoms with van der Waals surface area (Å²) in [6.07, 6.45) is 5.00. The molecule has 0 heterocycles. The number of halogens is 2. The Kier molecular flexibility index (Phi) is 3.82. The Morgan fingerprint density at radius 3 is 2.86 bits per heavy atom. The molecule has 1 aromatic carbocycles. The van der Waals surface area contributed by atoms with Gasteiger partial charge in [0.2, 0.25) is 0 Å². The fourth-order valence-corrected chi connectivity index (χ4v) is 1.27. The van der Waals surface area contributed by atoms with E-state index in [9.17, 15) is 4.79 Å². The van der Waals surface area contributed by atoms with Crippen molar-refractivity contribution in [3.63, 3.8) is 0 Å². The molecule has 2 nitrogen and oxygen atoms in total. The molecule has 0 aliphatic rings. The molecule has 0 saturated heterocycles. The van der Waals surface area contributed by atoms with E-state index in [1.54, 1.807) is 12.1 Å². The zero-order valence-corrected chi connectivity index (χ0v) is 8.69. The molecule has 0 radical (unpaired) electrons. The van der Waals surface area contributed by atoms with Gasteiger partial charge < -0.3 is 5.32 Å². The van der Waals surface area contributed by atoms with Crippen LogP contribution in [0.4, 0.5) is 0 Å². The fraction of sp³-hybridized carbons (Fsp3) is 0.100. The zero-order valence-electron chi connectivity index (χ0n) is 7.18. The average molecular weight is 228 g/mol. The van der Waals surface area contributed by atoms with Crippen molar-refractivity contribution >= 4 is 29.1 Å². The van der Waals surface area contributed by atoms with Crippen molar-refractivity contribution < 1.29 is 4.79 Å². The molecule has 0 aromatic heterocycles. The first-order valence-electron chi connectivity index (χ1n) is 3.82. The Labute approximate surface area is 92.2 Å². The number of carbonyl (C=O) groups is 1. The molecular formula is C10H7Cl2NO. The summed E-state index contributed by atoms with van der Waals surface area (Å²) in [5, 5.41) is 3.31. The molecule has 0 bridgehead atoms. The standard InChI is InChI=1S/C10H7Cl2NO/c1-2-5-13-10(14)8-6-7(11)3-4-9(8)12/h1,3-4,6H,5H2,(H,13,14). The largest absolute Gasteiger partial charge is 0.341 e. The topological polar surface area (TPSA) is 29.1 Å². The Hall–Kier alpha value is -1.17. The molecule has 0 unspecified atom stereocenters. The van der Waals surface area contributed by atoms with Crippen LogP contribution in [0.5, 0.6) is 0 Å². The SMILES string of the molecule is C#CCNC(=O)c1cc(Cl)ccc1Cl. The van der Waals surface area contributed by atoms with Crippen molar-refractivity contribution in [2.24, 2.45) is 0 Å². The molecule has 1 rings (SSSR count). The van der Waals surface area contributed by atoms with Gasteiger partial charge in [-0.1, -0.05) is 29.1 Å². The van der Waals surface area contributed by atoms with Crippen molar-refractivity contribution in [3.05, 3.63) is 33.8 Å². The summed E-state index contributed by atoms with van der Waals surface area (Å²) >= 11 is 11.5. The Balaban J connectivity index is 2.90. The van der Waals surface area contributed by atoms with Gasteiger partial charge in [0.05, 0.1) is 17.1 Å².